The average molecular weight is 203 g/mol. The Morgan fingerprint density at radius 1 is 1.20 bits per heavy atom. The van der Waals surface area contributed by atoms with E-state index in [0.717, 1.165) is 12.1 Å². The van der Waals surface area contributed by atoms with E-state index in [4.69, 9.17) is 0 Å². The first-order valence-corrected chi connectivity index (χ1v) is 5.12. The Kier molecular flexibility index (Phi) is 2.86. The van der Waals surface area contributed by atoms with Gasteiger partial charge < -0.3 is 4.90 Å². The first kappa shape index (κ1) is 9.97. The lowest BCUT2D eigenvalue weighted by Gasteiger charge is -2.28. The fourth-order valence-corrected chi connectivity index (χ4v) is 1.70. The lowest BCUT2D eigenvalue weighted by atomic mass is 10.1. The second kappa shape index (κ2) is 4.30. The summed E-state index contributed by atoms with van der Waals surface area (Å²) < 4.78 is 12.8. The van der Waals surface area contributed by atoms with Gasteiger partial charge in [0.05, 0.1) is 6.04 Å². The molecule has 0 aromatic heterocycles. The van der Waals surface area contributed by atoms with Gasteiger partial charge in [0.15, 0.2) is 0 Å². The Morgan fingerprint density at radius 3 is 2.53 bits per heavy atom. The van der Waals surface area contributed by atoms with Gasteiger partial charge in [-0.3, -0.25) is 0 Å². The van der Waals surface area contributed by atoms with Crippen LogP contribution in [0.4, 0.5) is 4.39 Å². The minimum atomic E-state index is -0.181. The number of rotatable bonds is 2. The molecular formula is C13H14FN. The van der Waals surface area contributed by atoms with Crippen molar-refractivity contribution >= 4 is 0 Å². The summed E-state index contributed by atoms with van der Waals surface area (Å²) in [5.41, 5.74) is 1.14. The Morgan fingerprint density at radius 2 is 1.93 bits per heavy atom. The third-order valence-electron chi connectivity index (χ3n) is 2.69. The summed E-state index contributed by atoms with van der Waals surface area (Å²) in [6.07, 6.45) is 8.23. The van der Waals surface area contributed by atoms with Crippen molar-refractivity contribution in [3.8, 4) is 0 Å². The highest BCUT2D eigenvalue weighted by Gasteiger charge is 2.11. The molecule has 1 aromatic carbocycles. The highest BCUT2D eigenvalue weighted by Crippen LogP contribution is 2.21. The summed E-state index contributed by atoms with van der Waals surface area (Å²) in [5, 5.41) is 0. The molecule has 0 N–H and O–H groups in total. The van der Waals surface area contributed by atoms with E-state index in [9.17, 15) is 4.39 Å². The third kappa shape index (κ3) is 2.27. The molecule has 1 aliphatic rings. The van der Waals surface area contributed by atoms with Crippen LogP contribution in [0, 0.1) is 5.82 Å². The van der Waals surface area contributed by atoms with E-state index in [0.29, 0.717) is 0 Å². The third-order valence-corrected chi connectivity index (χ3v) is 2.69. The number of hydrogen-bond acceptors (Lipinski definition) is 1. The van der Waals surface area contributed by atoms with Crippen LogP contribution in [0.1, 0.15) is 18.5 Å². The molecule has 1 unspecified atom stereocenters. The number of halogens is 1. The Balaban J connectivity index is 2.13. The molecule has 1 heterocycles. The van der Waals surface area contributed by atoms with E-state index in [1.807, 2.05) is 24.3 Å². The van der Waals surface area contributed by atoms with Crippen molar-refractivity contribution < 1.29 is 4.39 Å². The van der Waals surface area contributed by atoms with Gasteiger partial charge in [-0.1, -0.05) is 24.3 Å². The maximum absolute atomic E-state index is 12.8. The molecular weight excluding hydrogens is 189 g/mol. The maximum atomic E-state index is 12.8. The van der Waals surface area contributed by atoms with Crippen LogP contribution in [-0.4, -0.2) is 11.4 Å². The molecule has 0 fully saturated rings. The Bertz CT molecular complexity index is 378. The van der Waals surface area contributed by atoms with Crippen LogP contribution in [-0.2, 0) is 0 Å². The smallest absolute Gasteiger partial charge is 0.123 e. The summed E-state index contributed by atoms with van der Waals surface area (Å²) >= 11 is 0. The van der Waals surface area contributed by atoms with Gasteiger partial charge in [-0.2, -0.15) is 0 Å². The van der Waals surface area contributed by atoms with Crippen molar-refractivity contribution in [1.29, 1.82) is 0 Å². The zero-order valence-corrected chi connectivity index (χ0v) is 8.73. The fourth-order valence-electron chi connectivity index (χ4n) is 1.70. The highest BCUT2D eigenvalue weighted by atomic mass is 19.1. The van der Waals surface area contributed by atoms with Crippen LogP contribution in [0.15, 0.2) is 48.7 Å². The molecule has 1 aromatic rings. The lowest BCUT2D eigenvalue weighted by molar-refractivity contribution is 0.325. The van der Waals surface area contributed by atoms with Crippen LogP contribution in [0.2, 0.25) is 0 Å². The predicted octanol–water partition coefficient (Wildman–Crippen LogP) is 3.27. The maximum Gasteiger partial charge on any atom is 0.123 e. The highest BCUT2D eigenvalue weighted by molar-refractivity contribution is 5.21. The van der Waals surface area contributed by atoms with E-state index in [1.54, 1.807) is 0 Å². The SMILES string of the molecule is CC(c1ccc(F)cc1)N1C=CC=CC1. The first-order valence-electron chi connectivity index (χ1n) is 5.12. The van der Waals surface area contributed by atoms with Crippen LogP contribution in [0.5, 0.6) is 0 Å². The van der Waals surface area contributed by atoms with E-state index in [-0.39, 0.29) is 11.9 Å². The molecule has 15 heavy (non-hydrogen) atoms. The van der Waals surface area contributed by atoms with E-state index in [1.165, 1.54) is 12.1 Å². The summed E-state index contributed by atoms with van der Waals surface area (Å²) in [5.74, 6) is -0.181. The minimum Gasteiger partial charge on any atom is -0.367 e. The second-order valence-corrected chi connectivity index (χ2v) is 3.69. The molecule has 78 valence electrons. The molecule has 0 aliphatic carbocycles. The fraction of sp³-hybridized carbons (Fsp3) is 0.231. The summed E-state index contributed by atoms with van der Waals surface area (Å²) in [6, 6.07) is 6.98. The van der Waals surface area contributed by atoms with Crippen molar-refractivity contribution in [3.63, 3.8) is 0 Å². The van der Waals surface area contributed by atoms with Gasteiger partial charge in [0.2, 0.25) is 0 Å². The molecule has 0 amide bonds. The zero-order chi connectivity index (χ0) is 10.7. The lowest BCUT2D eigenvalue weighted by Crippen LogP contribution is -2.22. The van der Waals surface area contributed by atoms with Gasteiger partial charge in [0, 0.05) is 6.54 Å². The van der Waals surface area contributed by atoms with Crippen molar-refractivity contribution in [3.05, 3.63) is 60.1 Å². The molecule has 1 aliphatic heterocycles. The summed E-state index contributed by atoms with van der Waals surface area (Å²) in [7, 11) is 0. The van der Waals surface area contributed by atoms with E-state index < -0.39 is 0 Å². The number of hydrogen-bond donors (Lipinski definition) is 0. The molecule has 2 heteroatoms. The van der Waals surface area contributed by atoms with E-state index in [2.05, 4.69) is 24.1 Å². The van der Waals surface area contributed by atoms with Crippen molar-refractivity contribution in [2.45, 2.75) is 13.0 Å². The molecule has 0 bridgehead atoms. The van der Waals surface area contributed by atoms with Crippen LogP contribution in [0.3, 0.4) is 0 Å². The summed E-state index contributed by atoms with van der Waals surface area (Å²) in [6.45, 7) is 3.03. The predicted molar refractivity (Wildman–Crippen MR) is 59.8 cm³/mol. The van der Waals surface area contributed by atoms with Crippen molar-refractivity contribution in [1.82, 2.24) is 4.90 Å². The summed E-state index contributed by atoms with van der Waals surface area (Å²) in [4.78, 5) is 2.22. The van der Waals surface area contributed by atoms with Gasteiger partial charge >= 0.3 is 0 Å². The Hall–Kier alpha value is -1.57. The largest absolute Gasteiger partial charge is 0.367 e. The standard InChI is InChI=1S/C13H14FN/c1-11(15-9-3-2-4-10-15)12-5-7-13(14)8-6-12/h2-9,11H,10H2,1H3. The van der Waals surface area contributed by atoms with Gasteiger partial charge in [0.1, 0.15) is 5.82 Å². The molecule has 0 spiro atoms. The second-order valence-electron chi connectivity index (χ2n) is 3.69. The first-order chi connectivity index (χ1) is 7.27. The van der Waals surface area contributed by atoms with Gasteiger partial charge in [-0.05, 0) is 36.9 Å². The normalized spacial score (nSPS) is 16.8. The molecule has 1 atom stereocenters. The molecule has 0 saturated carbocycles. The number of benzene rings is 1. The molecule has 2 rings (SSSR count). The average Bonchev–Trinajstić information content (AvgIpc) is 2.30. The monoisotopic (exact) mass is 203 g/mol. The van der Waals surface area contributed by atoms with Gasteiger partial charge in [0.25, 0.3) is 0 Å². The molecule has 1 nitrogen and oxygen atoms in total. The quantitative estimate of drug-likeness (QED) is 0.713. The van der Waals surface area contributed by atoms with Crippen LogP contribution in [0.25, 0.3) is 0 Å². The number of allylic oxidation sites excluding steroid dienone is 2. The topological polar surface area (TPSA) is 3.24 Å². The zero-order valence-electron chi connectivity index (χ0n) is 8.73. The van der Waals surface area contributed by atoms with Crippen molar-refractivity contribution in [2.24, 2.45) is 0 Å². The van der Waals surface area contributed by atoms with Crippen LogP contribution >= 0.6 is 0 Å². The van der Waals surface area contributed by atoms with Gasteiger partial charge in [-0.15, -0.1) is 0 Å². The molecule has 0 radical (unpaired) electrons. The van der Waals surface area contributed by atoms with E-state index >= 15 is 0 Å². The van der Waals surface area contributed by atoms with Crippen molar-refractivity contribution in [2.75, 3.05) is 6.54 Å². The number of nitrogens with zero attached hydrogens (tertiary/aromatic N) is 1. The molecule has 0 saturated heterocycles. The Labute approximate surface area is 89.5 Å². The minimum absolute atomic E-state index is 0.181. The van der Waals surface area contributed by atoms with Crippen LogP contribution < -0.4 is 0 Å². The van der Waals surface area contributed by atoms with Gasteiger partial charge in [-0.25, -0.2) is 4.39 Å².